The van der Waals surface area contributed by atoms with Gasteiger partial charge in [-0.2, -0.15) is 5.10 Å². The molecule has 2 aromatic carbocycles. The molecule has 0 aliphatic rings. The number of nitrogens with one attached hydrogen (secondary N) is 3. The Kier molecular flexibility index (Phi) is 5.15. The van der Waals surface area contributed by atoms with Crippen LogP contribution in [-0.2, 0) is 7.05 Å². The van der Waals surface area contributed by atoms with Gasteiger partial charge in [0.1, 0.15) is 0 Å². The molecule has 0 aliphatic heterocycles. The Hall–Kier alpha value is -2.97. The second-order valence-corrected chi connectivity index (χ2v) is 6.21. The monoisotopic (exact) mass is 387 g/mol. The van der Waals surface area contributed by atoms with Crippen LogP contribution in [0, 0.1) is 0 Å². The third-order valence-corrected chi connectivity index (χ3v) is 4.02. The average molecular weight is 388 g/mol. The molecule has 0 atom stereocenters. The molecule has 1 amide bonds. The largest absolute Gasteiger partial charge is 0.331 e. The van der Waals surface area contributed by atoms with E-state index in [1.807, 2.05) is 0 Å². The van der Waals surface area contributed by atoms with E-state index in [1.54, 1.807) is 48.5 Å². The van der Waals surface area contributed by atoms with Crippen LogP contribution in [0.2, 0.25) is 5.02 Å². The zero-order chi connectivity index (χ0) is 18.7. The highest BCUT2D eigenvalue weighted by atomic mass is 35.5. The third-order valence-electron chi connectivity index (χ3n) is 3.56. The molecule has 1 aromatic heterocycles. The minimum absolute atomic E-state index is 0.115. The van der Waals surface area contributed by atoms with E-state index in [-0.39, 0.29) is 16.4 Å². The quantitative estimate of drug-likeness (QED) is 0.461. The zero-order valence-electron chi connectivity index (χ0n) is 13.6. The molecule has 9 heteroatoms. The fourth-order valence-electron chi connectivity index (χ4n) is 2.34. The van der Waals surface area contributed by atoms with Crippen molar-refractivity contribution < 1.29 is 4.79 Å². The molecule has 26 heavy (non-hydrogen) atoms. The van der Waals surface area contributed by atoms with Gasteiger partial charge in [-0.1, -0.05) is 29.8 Å². The van der Waals surface area contributed by atoms with Crippen molar-refractivity contribution in [2.24, 2.45) is 7.05 Å². The van der Waals surface area contributed by atoms with Gasteiger partial charge in [0.15, 0.2) is 10.8 Å². The number of carbonyl (C=O) groups is 1. The summed E-state index contributed by atoms with van der Waals surface area (Å²) >= 11 is 11.0. The smallest absolute Gasteiger partial charge is 0.290 e. The molecule has 0 aliphatic carbocycles. The van der Waals surface area contributed by atoms with Crippen molar-refractivity contribution in [2.45, 2.75) is 0 Å². The summed E-state index contributed by atoms with van der Waals surface area (Å²) in [7, 11) is 1.49. The van der Waals surface area contributed by atoms with Crippen LogP contribution in [-0.4, -0.2) is 20.8 Å². The first-order chi connectivity index (χ1) is 12.5. The highest BCUT2D eigenvalue weighted by Gasteiger charge is 2.15. The second-order valence-electron chi connectivity index (χ2n) is 5.36. The SMILES string of the molecule is Cn1nc(C(=O)NNC(=S)Nc2ccc(Cl)cc2)c2ccccc2c1=O. The number of thiocarbonyl (C=S) groups is 1. The molecule has 0 unspecified atom stereocenters. The summed E-state index contributed by atoms with van der Waals surface area (Å²) in [6.45, 7) is 0. The van der Waals surface area contributed by atoms with E-state index in [1.165, 1.54) is 7.05 Å². The molecule has 132 valence electrons. The summed E-state index contributed by atoms with van der Waals surface area (Å²) in [5.41, 5.74) is 5.63. The lowest BCUT2D eigenvalue weighted by atomic mass is 10.1. The number of hydrazine groups is 1. The lowest BCUT2D eigenvalue weighted by Crippen LogP contribution is -2.44. The second kappa shape index (κ2) is 7.51. The van der Waals surface area contributed by atoms with Gasteiger partial charge in [-0.25, -0.2) is 4.68 Å². The maximum Gasteiger partial charge on any atom is 0.290 e. The van der Waals surface area contributed by atoms with Crippen molar-refractivity contribution in [3.05, 3.63) is 69.6 Å². The standard InChI is InChI=1S/C17H14ClN5O2S/c1-23-16(25)13-5-3-2-4-12(13)14(22-23)15(24)20-21-17(26)19-11-8-6-10(18)7-9-11/h2-9H,1H3,(H,20,24)(H2,19,21,26). The Morgan fingerprint density at radius 3 is 2.42 bits per heavy atom. The van der Waals surface area contributed by atoms with Gasteiger partial charge in [-0.3, -0.25) is 20.4 Å². The van der Waals surface area contributed by atoms with Crippen LogP contribution in [0.4, 0.5) is 5.69 Å². The van der Waals surface area contributed by atoms with Gasteiger partial charge in [-0.05, 0) is 42.5 Å². The summed E-state index contributed by atoms with van der Waals surface area (Å²) < 4.78 is 1.13. The summed E-state index contributed by atoms with van der Waals surface area (Å²) in [4.78, 5) is 24.6. The molecular formula is C17H14ClN5O2S. The number of halogens is 1. The third kappa shape index (κ3) is 3.81. The van der Waals surface area contributed by atoms with Gasteiger partial charge in [0.2, 0.25) is 0 Å². The first kappa shape index (κ1) is 17.8. The fraction of sp³-hybridized carbons (Fsp3) is 0.0588. The van der Waals surface area contributed by atoms with Crippen LogP contribution in [0.15, 0.2) is 53.3 Å². The zero-order valence-corrected chi connectivity index (χ0v) is 15.2. The lowest BCUT2D eigenvalue weighted by Gasteiger charge is -2.12. The Balaban J connectivity index is 1.73. The summed E-state index contributed by atoms with van der Waals surface area (Å²) in [5, 5.41) is 8.63. The number of amides is 1. The van der Waals surface area contributed by atoms with Crippen LogP contribution < -0.4 is 21.7 Å². The van der Waals surface area contributed by atoms with Crippen molar-refractivity contribution in [1.29, 1.82) is 0 Å². The van der Waals surface area contributed by atoms with Crippen LogP contribution in [0.5, 0.6) is 0 Å². The molecule has 0 saturated carbocycles. The van der Waals surface area contributed by atoms with E-state index in [0.717, 1.165) is 4.68 Å². The number of hydrogen-bond donors (Lipinski definition) is 3. The van der Waals surface area contributed by atoms with Crippen molar-refractivity contribution in [3.8, 4) is 0 Å². The van der Waals surface area contributed by atoms with Crippen molar-refractivity contribution in [2.75, 3.05) is 5.32 Å². The van der Waals surface area contributed by atoms with Gasteiger partial charge < -0.3 is 5.32 Å². The average Bonchev–Trinajstić information content (AvgIpc) is 2.64. The van der Waals surface area contributed by atoms with Gasteiger partial charge in [0.25, 0.3) is 11.5 Å². The van der Waals surface area contributed by atoms with E-state index in [9.17, 15) is 9.59 Å². The van der Waals surface area contributed by atoms with E-state index in [4.69, 9.17) is 23.8 Å². The lowest BCUT2D eigenvalue weighted by molar-refractivity contribution is 0.0939. The Morgan fingerprint density at radius 1 is 1.08 bits per heavy atom. The number of benzene rings is 2. The summed E-state index contributed by atoms with van der Waals surface area (Å²) in [6.07, 6.45) is 0. The first-order valence-corrected chi connectivity index (χ1v) is 8.33. The van der Waals surface area contributed by atoms with Gasteiger partial charge in [0, 0.05) is 23.1 Å². The fourth-order valence-corrected chi connectivity index (χ4v) is 2.63. The number of hydrogen-bond acceptors (Lipinski definition) is 4. The molecular weight excluding hydrogens is 374 g/mol. The number of aryl methyl sites for hydroxylation is 1. The van der Waals surface area contributed by atoms with Crippen LogP contribution in [0.1, 0.15) is 10.5 Å². The molecule has 1 heterocycles. The molecule has 0 bridgehead atoms. The first-order valence-electron chi connectivity index (χ1n) is 7.54. The predicted molar refractivity (Wildman–Crippen MR) is 105 cm³/mol. The Morgan fingerprint density at radius 2 is 1.73 bits per heavy atom. The summed E-state index contributed by atoms with van der Waals surface area (Å²) in [6, 6.07) is 13.7. The Bertz CT molecular complexity index is 1050. The number of carbonyl (C=O) groups excluding carboxylic acids is 1. The maximum absolute atomic E-state index is 12.5. The van der Waals surface area contributed by atoms with E-state index in [0.29, 0.717) is 21.5 Å². The highest BCUT2D eigenvalue weighted by molar-refractivity contribution is 7.80. The number of aromatic nitrogens is 2. The predicted octanol–water partition coefficient (Wildman–Crippen LogP) is 2.22. The number of anilines is 1. The van der Waals surface area contributed by atoms with Crippen molar-refractivity contribution in [1.82, 2.24) is 20.6 Å². The van der Waals surface area contributed by atoms with Gasteiger partial charge in [0.05, 0.1) is 5.39 Å². The van der Waals surface area contributed by atoms with Gasteiger partial charge in [-0.15, -0.1) is 0 Å². The molecule has 0 radical (unpaired) electrons. The van der Waals surface area contributed by atoms with Crippen LogP contribution in [0.25, 0.3) is 10.8 Å². The van der Waals surface area contributed by atoms with E-state index < -0.39 is 5.91 Å². The topological polar surface area (TPSA) is 88.1 Å². The Labute approximate surface area is 158 Å². The minimum Gasteiger partial charge on any atom is -0.331 e. The van der Waals surface area contributed by atoms with Gasteiger partial charge >= 0.3 is 0 Å². The van der Waals surface area contributed by atoms with Crippen molar-refractivity contribution in [3.63, 3.8) is 0 Å². The molecule has 3 rings (SSSR count). The molecule has 0 spiro atoms. The summed E-state index contributed by atoms with van der Waals surface area (Å²) in [5.74, 6) is -0.517. The molecule has 3 N–H and O–H groups in total. The number of fused-ring (bicyclic) bond motifs is 1. The van der Waals surface area contributed by atoms with Crippen molar-refractivity contribution >= 4 is 51.3 Å². The normalized spacial score (nSPS) is 10.4. The highest BCUT2D eigenvalue weighted by Crippen LogP contribution is 2.14. The van der Waals surface area contributed by atoms with Crippen LogP contribution >= 0.6 is 23.8 Å². The molecule has 0 fully saturated rings. The number of rotatable bonds is 2. The van der Waals surface area contributed by atoms with E-state index in [2.05, 4.69) is 21.3 Å². The van der Waals surface area contributed by atoms with E-state index >= 15 is 0 Å². The molecule has 3 aromatic rings. The number of nitrogens with zero attached hydrogens (tertiary/aromatic N) is 2. The maximum atomic E-state index is 12.5. The molecule has 0 saturated heterocycles. The van der Waals surface area contributed by atoms with Crippen LogP contribution in [0.3, 0.4) is 0 Å². The molecule has 7 nitrogen and oxygen atoms in total. The minimum atomic E-state index is -0.517.